The van der Waals surface area contributed by atoms with Crippen molar-refractivity contribution in [1.29, 1.82) is 0 Å². The Balaban J connectivity index is 2.54. The van der Waals surface area contributed by atoms with Crippen LogP contribution in [0.2, 0.25) is 5.02 Å². The van der Waals surface area contributed by atoms with Crippen molar-refractivity contribution < 1.29 is 4.79 Å². The van der Waals surface area contributed by atoms with E-state index in [0.29, 0.717) is 11.4 Å². The summed E-state index contributed by atoms with van der Waals surface area (Å²) in [7, 11) is 0. The van der Waals surface area contributed by atoms with E-state index < -0.39 is 0 Å². The van der Waals surface area contributed by atoms with Crippen LogP contribution >= 0.6 is 11.6 Å². The molecule has 1 heterocycles. The number of hydrogen-bond acceptors (Lipinski definition) is 2. The molecular formula is C17H25ClN2O. The minimum absolute atomic E-state index is 0.0458. The van der Waals surface area contributed by atoms with Gasteiger partial charge in [0.15, 0.2) is 0 Å². The van der Waals surface area contributed by atoms with Gasteiger partial charge in [0.1, 0.15) is 0 Å². The Morgan fingerprint density at radius 3 is 2.57 bits per heavy atom. The van der Waals surface area contributed by atoms with Crippen LogP contribution in [0.15, 0.2) is 18.2 Å². The zero-order chi connectivity index (χ0) is 15.8. The number of aryl methyl sites for hydroxylation is 1. The summed E-state index contributed by atoms with van der Waals surface area (Å²) in [6, 6.07) is 5.71. The Bertz CT molecular complexity index is 536. The van der Waals surface area contributed by atoms with Crippen molar-refractivity contribution in [1.82, 2.24) is 4.90 Å². The Morgan fingerprint density at radius 1 is 1.33 bits per heavy atom. The number of nitrogens with zero attached hydrogens (tertiary/aromatic N) is 1. The van der Waals surface area contributed by atoms with Gasteiger partial charge in [-0.2, -0.15) is 0 Å². The van der Waals surface area contributed by atoms with E-state index in [9.17, 15) is 4.79 Å². The van der Waals surface area contributed by atoms with Crippen LogP contribution in [-0.4, -0.2) is 22.4 Å². The van der Waals surface area contributed by atoms with Crippen LogP contribution in [0, 0.1) is 6.92 Å². The first-order valence-corrected chi connectivity index (χ1v) is 7.93. The largest absolute Gasteiger partial charge is 0.329 e. The van der Waals surface area contributed by atoms with Crippen LogP contribution < -0.4 is 5.73 Å². The molecule has 4 heteroatoms. The molecule has 2 unspecified atom stereocenters. The molecule has 1 aliphatic rings. The normalized spacial score (nSPS) is 24.1. The zero-order valence-corrected chi connectivity index (χ0v) is 14.1. The van der Waals surface area contributed by atoms with Crippen LogP contribution in [0.5, 0.6) is 0 Å². The van der Waals surface area contributed by atoms with Crippen molar-refractivity contribution in [3.8, 4) is 0 Å². The molecule has 1 fully saturated rings. The summed E-state index contributed by atoms with van der Waals surface area (Å²) in [5.41, 5.74) is 8.38. The first-order valence-electron chi connectivity index (χ1n) is 7.55. The fraction of sp³-hybridized carbons (Fsp3) is 0.588. The van der Waals surface area contributed by atoms with Gasteiger partial charge in [0, 0.05) is 23.0 Å². The lowest BCUT2D eigenvalue weighted by Gasteiger charge is -2.43. The van der Waals surface area contributed by atoms with E-state index in [1.807, 2.05) is 30.0 Å². The molecule has 1 aromatic rings. The van der Waals surface area contributed by atoms with E-state index in [1.54, 1.807) is 0 Å². The minimum atomic E-state index is -0.254. The molecule has 0 bridgehead atoms. The molecule has 1 amide bonds. The number of rotatable bonds is 1. The first-order chi connectivity index (χ1) is 9.71. The minimum Gasteiger partial charge on any atom is -0.329 e. The molecule has 21 heavy (non-hydrogen) atoms. The molecule has 1 aliphatic heterocycles. The third-order valence-corrected chi connectivity index (χ3v) is 4.39. The number of halogens is 1. The molecule has 0 saturated carbocycles. The predicted octanol–water partition coefficient (Wildman–Crippen LogP) is 3.83. The Morgan fingerprint density at radius 2 is 2.00 bits per heavy atom. The number of carbonyl (C=O) groups excluding carboxylic acids is 1. The Hall–Kier alpha value is -1.06. The molecule has 2 N–H and O–H groups in total. The molecular weight excluding hydrogens is 284 g/mol. The van der Waals surface area contributed by atoms with Gasteiger partial charge in [-0.15, -0.1) is 0 Å². The number of carbonyl (C=O) groups is 1. The standard InChI is InChI=1S/C17H25ClN2O/c1-11-10-12(18)8-9-13(11)16-14(19)6-5-7-15(21)20(16)17(2,3)4/h8-10,14,16H,5-7,19H2,1-4H3. The van der Waals surface area contributed by atoms with E-state index in [1.165, 1.54) is 0 Å². The highest BCUT2D eigenvalue weighted by Crippen LogP contribution is 2.37. The van der Waals surface area contributed by atoms with Crippen LogP contribution in [0.4, 0.5) is 0 Å². The van der Waals surface area contributed by atoms with E-state index >= 15 is 0 Å². The number of amides is 1. The van der Waals surface area contributed by atoms with Crippen molar-refractivity contribution in [3.63, 3.8) is 0 Å². The summed E-state index contributed by atoms with van der Waals surface area (Å²) < 4.78 is 0. The summed E-state index contributed by atoms with van der Waals surface area (Å²) >= 11 is 6.07. The predicted molar refractivity (Wildman–Crippen MR) is 87.4 cm³/mol. The maximum Gasteiger partial charge on any atom is 0.223 e. The fourth-order valence-electron chi connectivity index (χ4n) is 3.25. The monoisotopic (exact) mass is 308 g/mol. The number of nitrogens with two attached hydrogens (primary N) is 1. The Labute approximate surface area is 132 Å². The molecule has 0 spiro atoms. The number of hydrogen-bond donors (Lipinski definition) is 1. The lowest BCUT2D eigenvalue weighted by molar-refractivity contribution is -0.139. The van der Waals surface area contributed by atoms with Gasteiger partial charge in [-0.3, -0.25) is 4.79 Å². The SMILES string of the molecule is Cc1cc(Cl)ccc1C1C(N)CCCC(=O)N1C(C)(C)C. The first kappa shape index (κ1) is 16.3. The summed E-state index contributed by atoms with van der Waals surface area (Å²) in [5.74, 6) is 0.190. The molecule has 2 rings (SSSR count). The second-order valence-corrected chi connectivity index (χ2v) is 7.37. The molecule has 1 aromatic carbocycles. The van der Waals surface area contributed by atoms with Gasteiger partial charge in [0.25, 0.3) is 0 Å². The molecule has 0 aromatic heterocycles. The van der Waals surface area contributed by atoms with Crippen molar-refractivity contribution in [2.75, 3.05) is 0 Å². The van der Waals surface area contributed by atoms with Crippen LogP contribution in [0.1, 0.15) is 57.2 Å². The van der Waals surface area contributed by atoms with E-state index in [4.69, 9.17) is 17.3 Å². The number of benzene rings is 1. The maximum atomic E-state index is 12.6. The van der Waals surface area contributed by atoms with Crippen molar-refractivity contribution in [2.24, 2.45) is 5.73 Å². The maximum absolute atomic E-state index is 12.6. The zero-order valence-electron chi connectivity index (χ0n) is 13.3. The van der Waals surface area contributed by atoms with Gasteiger partial charge in [0.2, 0.25) is 5.91 Å². The van der Waals surface area contributed by atoms with Gasteiger partial charge in [-0.1, -0.05) is 17.7 Å². The molecule has 0 aliphatic carbocycles. The molecule has 116 valence electrons. The average Bonchev–Trinajstić information content (AvgIpc) is 2.48. The van der Waals surface area contributed by atoms with Crippen LogP contribution in [0.3, 0.4) is 0 Å². The molecule has 0 radical (unpaired) electrons. The van der Waals surface area contributed by atoms with Gasteiger partial charge in [0.05, 0.1) is 6.04 Å². The van der Waals surface area contributed by atoms with E-state index in [2.05, 4.69) is 20.8 Å². The smallest absolute Gasteiger partial charge is 0.223 e. The van der Waals surface area contributed by atoms with Crippen molar-refractivity contribution in [3.05, 3.63) is 34.3 Å². The van der Waals surface area contributed by atoms with E-state index in [0.717, 1.165) is 24.0 Å². The lowest BCUT2D eigenvalue weighted by atomic mass is 9.90. The lowest BCUT2D eigenvalue weighted by Crippen LogP contribution is -2.51. The molecule has 1 saturated heterocycles. The second kappa shape index (κ2) is 5.98. The number of likely N-dealkylation sites (tertiary alicyclic amines) is 1. The molecule has 3 nitrogen and oxygen atoms in total. The third kappa shape index (κ3) is 3.41. The summed E-state index contributed by atoms with van der Waals surface area (Å²) in [5, 5.41) is 0.715. The summed E-state index contributed by atoms with van der Waals surface area (Å²) in [6.07, 6.45) is 2.30. The van der Waals surface area contributed by atoms with Gasteiger partial charge in [-0.25, -0.2) is 0 Å². The molecule has 2 atom stereocenters. The van der Waals surface area contributed by atoms with Crippen molar-refractivity contribution in [2.45, 2.75) is 64.6 Å². The summed E-state index contributed by atoms with van der Waals surface area (Å²) in [6.45, 7) is 8.24. The van der Waals surface area contributed by atoms with Gasteiger partial charge >= 0.3 is 0 Å². The van der Waals surface area contributed by atoms with Crippen LogP contribution in [-0.2, 0) is 4.79 Å². The van der Waals surface area contributed by atoms with Gasteiger partial charge < -0.3 is 10.6 Å². The average molecular weight is 309 g/mol. The highest BCUT2D eigenvalue weighted by Gasteiger charge is 2.39. The van der Waals surface area contributed by atoms with Crippen molar-refractivity contribution >= 4 is 17.5 Å². The topological polar surface area (TPSA) is 46.3 Å². The highest BCUT2D eigenvalue weighted by molar-refractivity contribution is 6.30. The third-order valence-electron chi connectivity index (χ3n) is 4.15. The van der Waals surface area contributed by atoms with E-state index in [-0.39, 0.29) is 23.5 Å². The van der Waals surface area contributed by atoms with Gasteiger partial charge in [-0.05, 0) is 63.8 Å². The fourth-order valence-corrected chi connectivity index (χ4v) is 3.47. The summed E-state index contributed by atoms with van der Waals surface area (Å²) in [4.78, 5) is 14.6. The second-order valence-electron chi connectivity index (χ2n) is 6.94. The van der Waals surface area contributed by atoms with Crippen LogP contribution in [0.25, 0.3) is 0 Å². The highest BCUT2D eigenvalue weighted by atomic mass is 35.5. The quantitative estimate of drug-likeness (QED) is 0.857. The Kier molecular flexibility index (Phi) is 4.64.